The number of halogens is 2. The fourth-order valence-electron chi connectivity index (χ4n) is 1.93. The van der Waals surface area contributed by atoms with Gasteiger partial charge in [-0.25, -0.2) is 9.37 Å². The summed E-state index contributed by atoms with van der Waals surface area (Å²) >= 11 is 0. The van der Waals surface area contributed by atoms with Gasteiger partial charge in [-0.3, -0.25) is 0 Å². The summed E-state index contributed by atoms with van der Waals surface area (Å²) in [6.45, 7) is 3.87. The molecule has 1 aromatic heterocycles. The third kappa shape index (κ3) is 2.32. The van der Waals surface area contributed by atoms with Gasteiger partial charge >= 0.3 is 0 Å². The van der Waals surface area contributed by atoms with Gasteiger partial charge in [0.15, 0.2) is 0 Å². The van der Waals surface area contributed by atoms with Crippen LogP contribution in [0.25, 0.3) is 11.1 Å². The first-order valence-electron chi connectivity index (χ1n) is 5.70. The van der Waals surface area contributed by atoms with Crippen LogP contribution in [0.5, 0.6) is 0 Å². The third-order valence-corrected chi connectivity index (χ3v) is 2.84. The summed E-state index contributed by atoms with van der Waals surface area (Å²) in [5.74, 6) is -0.881. The first-order valence-corrected chi connectivity index (χ1v) is 5.70. The van der Waals surface area contributed by atoms with Crippen molar-refractivity contribution in [1.82, 2.24) is 4.98 Å². The number of pyridine rings is 1. The fourth-order valence-corrected chi connectivity index (χ4v) is 1.93. The molecule has 0 spiro atoms. The molecule has 2 aromatic rings. The fraction of sp³-hybridized carbons (Fsp3) is 0.214. The van der Waals surface area contributed by atoms with Gasteiger partial charge in [0, 0.05) is 23.5 Å². The molecule has 4 heteroatoms. The molecule has 1 heterocycles. The van der Waals surface area contributed by atoms with Crippen molar-refractivity contribution < 1.29 is 8.78 Å². The molecule has 0 radical (unpaired) electrons. The molecule has 0 aliphatic rings. The summed E-state index contributed by atoms with van der Waals surface area (Å²) in [4.78, 5) is 3.47. The number of nitrogens with zero attached hydrogens (tertiary/aromatic N) is 1. The molecule has 0 atom stereocenters. The van der Waals surface area contributed by atoms with Crippen molar-refractivity contribution in [3.63, 3.8) is 0 Å². The SMILES string of the molecule is CC(C)c1cc(F)cc(-c2ccnc(F)c2)c1N. The van der Waals surface area contributed by atoms with E-state index in [0.717, 1.165) is 5.56 Å². The highest BCUT2D eigenvalue weighted by Gasteiger charge is 2.13. The molecular weight excluding hydrogens is 234 g/mol. The zero-order valence-corrected chi connectivity index (χ0v) is 10.2. The highest BCUT2D eigenvalue weighted by atomic mass is 19.1. The molecule has 94 valence electrons. The van der Waals surface area contributed by atoms with Gasteiger partial charge in [-0.2, -0.15) is 4.39 Å². The predicted molar refractivity (Wildman–Crippen MR) is 68.1 cm³/mol. The van der Waals surface area contributed by atoms with E-state index < -0.39 is 5.95 Å². The van der Waals surface area contributed by atoms with Crippen LogP contribution in [0.15, 0.2) is 30.5 Å². The highest BCUT2D eigenvalue weighted by molar-refractivity contribution is 5.78. The van der Waals surface area contributed by atoms with E-state index in [1.165, 1.54) is 24.4 Å². The van der Waals surface area contributed by atoms with Crippen molar-refractivity contribution in [2.75, 3.05) is 5.73 Å². The molecule has 2 N–H and O–H groups in total. The normalized spacial score (nSPS) is 10.9. The Hall–Kier alpha value is -1.97. The van der Waals surface area contributed by atoms with Crippen LogP contribution in [0.4, 0.5) is 14.5 Å². The Morgan fingerprint density at radius 1 is 1.17 bits per heavy atom. The summed E-state index contributed by atoms with van der Waals surface area (Å²) in [5.41, 5.74) is 8.26. The number of rotatable bonds is 2. The Kier molecular flexibility index (Phi) is 3.28. The van der Waals surface area contributed by atoms with E-state index in [4.69, 9.17) is 5.73 Å². The molecule has 2 nitrogen and oxygen atoms in total. The minimum Gasteiger partial charge on any atom is -0.398 e. The van der Waals surface area contributed by atoms with Crippen LogP contribution >= 0.6 is 0 Å². The maximum absolute atomic E-state index is 13.6. The van der Waals surface area contributed by atoms with Crippen molar-refractivity contribution in [3.05, 3.63) is 47.8 Å². The first kappa shape index (κ1) is 12.5. The summed E-state index contributed by atoms with van der Waals surface area (Å²) in [5, 5.41) is 0. The number of anilines is 1. The number of nitrogens with two attached hydrogens (primary N) is 1. The lowest BCUT2D eigenvalue weighted by molar-refractivity contribution is 0.584. The van der Waals surface area contributed by atoms with Gasteiger partial charge in [0.25, 0.3) is 0 Å². The molecule has 0 fully saturated rings. The molecule has 0 saturated heterocycles. The summed E-state index contributed by atoms with van der Waals surface area (Å²) < 4.78 is 26.7. The van der Waals surface area contributed by atoms with Gasteiger partial charge in [-0.1, -0.05) is 13.8 Å². The van der Waals surface area contributed by atoms with E-state index in [-0.39, 0.29) is 11.7 Å². The van der Waals surface area contributed by atoms with Crippen molar-refractivity contribution in [2.24, 2.45) is 0 Å². The van der Waals surface area contributed by atoms with Gasteiger partial charge in [-0.15, -0.1) is 0 Å². The average molecular weight is 248 g/mol. The van der Waals surface area contributed by atoms with Crippen LogP contribution in [0, 0.1) is 11.8 Å². The van der Waals surface area contributed by atoms with Crippen molar-refractivity contribution in [1.29, 1.82) is 0 Å². The lowest BCUT2D eigenvalue weighted by atomic mass is 9.95. The molecule has 0 unspecified atom stereocenters. The van der Waals surface area contributed by atoms with Gasteiger partial charge in [0.05, 0.1) is 0 Å². The van der Waals surface area contributed by atoms with Crippen molar-refractivity contribution >= 4 is 5.69 Å². The van der Waals surface area contributed by atoms with E-state index in [1.54, 1.807) is 6.07 Å². The summed E-state index contributed by atoms with van der Waals surface area (Å²) in [6.07, 6.45) is 1.34. The second-order valence-corrected chi connectivity index (χ2v) is 4.48. The number of benzene rings is 1. The minimum absolute atomic E-state index is 0.103. The zero-order chi connectivity index (χ0) is 13.3. The van der Waals surface area contributed by atoms with Crippen LogP contribution in [0.1, 0.15) is 25.3 Å². The van der Waals surface area contributed by atoms with Crippen molar-refractivity contribution in [2.45, 2.75) is 19.8 Å². The lowest BCUT2D eigenvalue weighted by Crippen LogP contribution is -2.01. The van der Waals surface area contributed by atoms with Crippen LogP contribution in [0.3, 0.4) is 0 Å². The largest absolute Gasteiger partial charge is 0.398 e. The third-order valence-electron chi connectivity index (χ3n) is 2.84. The maximum Gasteiger partial charge on any atom is 0.213 e. The number of nitrogen functional groups attached to an aromatic ring is 1. The van der Waals surface area contributed by atoms with Crippen molar-refractivity contribution in [3.8, 4) is 11.1 Å². The predicted octanol–water partition coefficient (Wildman–Crippen LogP) is 3.73. The van der Waals surface area contributed by atoms with Gasteiger partial charge in [-0.05, 0) is 35.2 Å². The quantitative estimate of drug-likeness (QED) is 0.649. The number of hydrogen-bond donors (Lipinski definition) is 1. The van der Waals surface area contributed by atoms with E-state index in [2.05, 4.69) is 4.98 Å². The Labute approximate surface area is 104 Å². The second kappa shape index (κ2) is 4.72. The van der Waals surface area contributed by atoms with Crippen LogP contribution in [-0.4, -0.2) is 4.98 Å². The Morgan fingerprint density at radius 3 is 2.50 bits per heavy atom. The molecule has 0 aliphatic heterocycles. The first-order chi connectivity index (χ1) is 8.49. The molecule has 0 saturated carbocycles. The van der Waals surface area contributed by atoms with Crippen LogP contribution in [-0.2, 0) is 0 Å². The molecule has 1 aromatic carbocycles. The maximum atomic E-state index is 13.6. The summed E-state index contributed by atoms with van der Waals surface area (Å²) in [7, 11) is 0. The smallest absolute Gasteiger partial charge is 0.213 e. The Bertz CT molecular complexity index is 580. The summed E-state index contributed by atoms with van der Waals surface area (Å²) in [6, 6.07) is 5.59. The standard InChI is InChI=1S/C14H14F2N2/c1-8(2)11-6-10(15)7-12(14(11)17)9-3-4-18-13(16)5-9/h3-8H,17H2,1-2H3. The molecule has 18 heavy (non-hydrogen) atoms. The monoisotopic (exact) mass is 248 g/mol. The van der Waals surface area contributed by atoms with E-state index in [1.807, 2.05) is 13.8 Å². The topological polar surface area (TPSA) is 38.9 Å². The van der Waals surface area contributed by atoms with E-state index in [0.29, 0.717) is 16.8 Å². The minimum atomic E-state index is -0.609. The molecular formula is C14H14F2N2. The Balaban J connectivity index is 2.64. The van der Waals surface area contributed by atoms with Gasteiger partial charge < -0.3 is 5.73 Å². The Morgan fingerprint density at radius 2 is 1.89 bits per heavy atom. The van der Waals surface area contributed by atoms with Crippen LogP contribution in [0.2, 0.25) is 0 Å². The molecule has 0 aliphatic carbocycles. The molecule has 0 amide bonds. The number of aromatic nitrogens is 1. The average Bonchev–Trinajstić information content (AvgIpc) is 2.31. The highest BCUT2D eigenvalue weighted by Crippen LogP contribution is 2.33. The van der Waals surface area contributed by atoms with Gasteiger partial charge in [0.1, 0.15) is 5.82 Å². The number of hydrogen-bond acceptors (Lipinski definition) is 2. The molecule has 0 bridgehead atoms. The second-order valence-electron chi connectivity index (χ2n) is 4.48. The zero-order valence-electron chi connectivity index (χ0n) is 10.2. The van der Waals surface area contributed by atoms with E-state index in [9.17, 15) is 8.78 Å². The molecule has 2 rings (SSSR count). The van der Waals surface area contributed by atoms with Gasteiger partial charge in [0.2, 0.25) is 5.95 Å². The van der Waals surface area contributed by atoms with Crippen LogP contribution < -0.4 is 5.73 Å². The van der Waals surface area contributed by atoms with E-state index >= 15 is 0 Å². The lowest BCUT2D eigenvalue weighted by Gasteiger charge is -2.14.